The summed E-state index contributed by atoms with van der Waals surface area (Å²) in [7, 11) is 0. The molecule has 2 rings (SSSR count). The van der Waals surface area contributed by atoms with Crippen molar-refractivity contribution in [1.82, 2.24) is 5.32 Å². The zero-order valence-electron chi connectivity index (χ0n) is 9.35. The Morgan fingerprint density at radius 2 is 2.06 bits per heavy atom. The van der Waals surface area contributed by atoms with Crippen LogP contribution in [0.25, 0.3) is 0 Å². The van der Waals surface area contributed by atoms with Gasteiger partial charge < -0.3 is 5.32 Å². The normalized spacial score (nSPS) is 21.8. The van der Waals surface area contributed by atoms with Crippen LogP contribution < -0.4 is 5.32 Å². The van der Waals surface area contributed by atoms with Gasteiger partial charge in [-0.1, -0.05) is 41.0 Å². The Hall–Kier alpha value is -1.04. The van der Waals surface area contributed by atoms with Crippen LogP contribution in [0.3, 0.4) is 0 Å². The third kappa shape index (κ3) is 3.04. The molecule has 0 aliphatic carbocycles. The van der Waals surface area contributed by atoms with E-state index in [4.69, 9.17) is 23.2 Å². The molecule has 1 saturated heterocycles. The minimum atomic E-state index is -0.136. The van der Waals surface area contributed by atoms with Gasteiger partial charge in [-0.15, -0.1) is 5.10 Å². The van der Waals surface area contributed by atoms with Gasteiger partial charge in [-0.2, -0.15) is 5.10 Å². The largest absolute Gasteiger partial charge is 0.303 e. The van der Waals surface area contributed by atoms with Gasteiger partial charge in [-0.25, -0.2) is 0 Å². The molecular weight excluding hydrogens is 293 g/mol. The van der Waals surface area contributed by atoms with E-state index in [2.05, 4.69) is 15.5 Å². The van der Waals surface area contributed by atoms with E-state index < -0.39 is 0 Å². The summed E-state index contributed by atoms with van der Waals surface area (Å²) in [6.45, 7) is 1.80. The van der Waals surface area contributed by atoms with Gasteiger partial charge in [0.2, 0.25) is 5.91 Å². The first-order chi connectivity index (χ1) is 8.58. The van der Waals surface area contributed by atoms with Gasteiger partial charge in [-0.05, 0) is 19.1 Å². The molecule has 1 atom stereocenters. The minimum absolute atomic E-state index is 0.0651. The molecule has 0 bridgehead atoms. The minimum Gasteiger partial charge on any atom is -0.303 e. The van der Waals surface area contributed by atoms with E-state index in [1.165, 1.54) is 18.0 Å². The summed E-state index contributed by atoms with van der Waals surface area (Å²) < 4.78 is 0. The smallest absolute Gasteiger partial charge is 0.239 e. The van der Waals surface area contributed by atoms with Crippen LogP contribution in [0.2, 0.25) is 10.0 Å². The van der Waals surface area contributed by atoms with Crippen LogP contribution in [0.15, 0.2) is 28.4 Å². The molecule has 7 heteroatoms. The molecule has 1 unspecified atom stereocenters. The summed E-state index contributed by atoms with van der Waals surface area (Å²) in [5.41, 5.74) is 0.604. The van der Waals surface area contributed by atoms with Crippen LogP contribution in [-0.4, -0.2) is 22.5 Å². The Bertz CT molecular complexity index is 525. The lowest BCUT2D eigenvalue weighted by Crippen LogP contribution is -2.23. The van der Waals surface area contributed by atoms with Crippen LogP contribution in [0.1, 0.15) is 12.5 Å². The summed E-state index contributed by atoms with van der Waals surface area (Å²) in [5, 5.41) is 11.7. The number of thioether (sulfide) groups is 1. The highest BCUT2D eigenvalue weighted by molar-refractivity contribution is 8.15. The van der Waals surface area contributed by atoms with Crippen molar-refractivity contribution in [3.05, 3.63) is 33.8 Å². The fourth-order valence-corrected chi connectivity index (χ4v) is 2.53. The Morgan fingerprint density at radius 3 is 2.61 bits per heavy atom. The number of nitrogens with zero attached hydrogens (tertiary/aromatic N) is 2. The number of benzene rings is 1. The predicted molar refractivity (Wildman–Crippen MR) is 76.7 cm³/mol. The van der Waals surface area contributed by atoms with Crippen molar-refractivity contribution in [2.45, 2.75) is 12.2 Å². The molecule has 1 heterocycles. The molecule has 1 N–H and O–H groups in total. The summed E-state index contributed by atoms with van der Waals surface area (Å²) in [5.74, 6) is -0.0651. The summed E-state index contributed by atoms with van der Waals surface area (Å²) >= 11 is 13.3. The average molecular weight is 302 g/mol. The van der Waals surface area contributed by atoms with Crippen LogP contribution in [0.4, 0.5) is 0 Å². The van der Waals surface area contributed by atoms with E-state index in [0.717, 1.165) is 0 Å². The SMILES string of the molecule is CC1SC(=N/N=C/c2c(Cl)cccc2Cl)NC1=O. The van der Waals surface area contributed by atoms with Gasteiger partial charge in [0.05, 0.1) is 21.5 Å². The molecule has 0 radical (unpaired) electrons. The Balaban J connectivity index is 2.13. The molecule has 1 aromatic rings. The number of amidine groups is 1. The Kier molecular flexibility index (Phi) is 4.27. The first kappa shape index (κ1) is 13.4. The van der Waals surface area contributed by atoms with Crippen LogP contribution >= 0.6 is 35.0 Å². The highest BCUT2D eigenvalue weighted by atomic mass is 35.5. The topological polar surface area (TPSA) is 53.8 Å². The number of rotatable bonds is 2. The van der Waals surface area contributed by atoms with Gasteiger partial charge in [0.25, 0.3) is 0 Å². The molecule has 18 heavy (non-hydrogen) atoms. The standard InChI is InChI=1S/C11H9Cl2N3OS/c1-6-10(17)15-11(18-6)16-14-5-7-8(12)3-2-4-9(7)13/h2-6H,1H3,(H,15,16,17)/b14-5+. The van der Waals surface area contributed by atoms with Crippen molar-refractivity contribution in [2.24, 2.45) is 10.2 Å². The average Bonchev–Trinajstić information content (AvgIpc) is 2.62. The molecule has 1 aromatic carbocycles. The number of nitrogens with one attached hydrogen (secondary N) is 1. The van der Waals surface area contributed by atoms with Crippen molar-refractivity contribution < 1.29 is 4.79 Å². The van der Waals surface area contributed by atoms with Crippen molar-refractivity contribution >= 4 is 52.3 Å². The van der Waals surface area contributed by atoms with E-state index in [1.54, 1.807) is 25.1 Å². The Labute approximate surface area is 118 Å². The highest BCUT2D eigenvalue weighted by Crippen LogP contribution is 2.22. The van der Waals surface area contributed by atoms with E-state index in [9.17, 15) is 4.79 Å². The van der Waals surface area contributed by atoms with Gasteiger partial charge in [0.15, 0.2) is 5.17 Å². The third-order valence-corrected chi connectivity index (χ3v) is 3.86. The molecule has 0 spiro atoms. The second kappa shape index (κ2) is 5.73. The summed E-state index contributed by atoms with van der Waals surface area (Å²) in [6, 6.07) is 5.19. The Morgan fingerprint density at radius 1 is 1.39 bits per heavy atom. The first-order valence-electron chi connectivity index (χ1n) is 5.10. The van der Waals surface area contributed by atoms with Gasteiger partial charge in [0.1, 0.15) is 0 Å². The van der Waals surface area contributed by atoms with E-state index in [-0.39, 0.29) is 11.2 Å². The number of carbonyl (C=O) groups excluding carboxylic acids is 1. The second-order valence-electron chi connectivity index (χ2n) is 3.53. The molecule has 0 aromatic heterocycles. The predicted octanol–water partition coefficient (Wildman–Crippen LogP) is 2.93. The van der Waals surface area contributed by atoms with Crippen molar-refractivity contribution in [3.63, 3.8) is 0 Å². The van der Waals surface area contributed by atoms with Crippen molar-refractivity contribution in [2.75, 3.05) is 0 Å². The monoisotopic (exact) mass is 301 g/mol. The lowest BCUT2D eigenvalue weighted by molar-refractivity contribution is -0.118. The zero-order valence-corrected chi connectivity index (χ0v) is 11.7. The lowest BCUT2D eigenvalue weighted by atomic mass is 10.2. The second-order valence-corrected chi connectivity index (χ2v) is 5.68. The maximum atomic E-state index is 11.2. The number of carbonyl (C=O) groups is 1. The van der Waals surface area contributed by atoms with Gasteiger partial charge >= 0.3 is 0 Å². The quantitative estimate of drug-likeness (QED) is 0.674. The van der Waals surface area contributed by atoms with Crippen molar-refractivity contribution in [3.8, 4) is 0 Å². The highest BCUT2D eigenvalue weighted by Gasteiger charge is 2.25. The van der Waals surface area contributed by atoms with Crippen LogP contribution in [-0.2, 0) is 4.79 Å². The molecule has 0 saturated carbocycles. The fourth-order valence-electron chi connectivity index (χ4n) is 1.28. The number of amides is 1. The van der Waals surface area contributed by atoms with Gasteiger partial charge in [-0.3, -0.25) is 4.79 Å². The molecule has 4 nitrogen and oxygen atoms in total. The lowest BCUT2D eigenvalue weighted by Gasteiger charge is -1.98. The number of hydrogen-bond acceptors (Lipinski definition) is 4. The number of hydrogen-bond donors (Lipinski definition) is 1. The van der Waals surface area contributed by atoms with E-state index in [1.807, 2.05) is 0 Å². The third-order valence-electron chi connectivity index (χ3n) is 2.22. The van der Waals surface area contributed by atoms with Gasteiger partial charge in [0, 0.05) is 5.56 Å². The van der Waals surface area contributed by atoms with E-state index in [0.29, 0.717) is 20.8 Å². The molecular formula is C11H9Cl2N3OS. The van der Waals surface area contributed by atoms with Crippen molar-refractivity contribution in [1.29, 1.82) is 0 Å². The molecule has 1 fully saturated rings. The molecule has 94 valence electrons. The molecule has 1 aliphatic rings. The van der Waals surface area contributed by atoms with E-state index >= 15 is 0 Å². The van der Waals surface area contributed by atoms with Crippen LogP contribution in [0, 0.1) is 0 Å². The summed E-state index contributed by atoms with van der Waals surface area (Å²) in [6.07, 6.45) is 1.47. The maximum absolute atomic E-state index is 11.2. The fraction of sp³-hybridized carbons (Fsp3) is 0.182. The summed E-state index contributed by atoms with van der Waals surface area (Å²) in [4.78, 5) is 11.2. The van der Waals surface area contributed by atoms with Crippen LogP contribution in [0.5, 0.6) is 0 Å². The zero-order chi connectivity index (χ0) is 13.1. The number of halogens is 2. The first-order valence-corrected chi connectivity index (χ1v) is 6.74. The maximum Gasteiger partial charge on any atom is 0.239 e. The molecule has 1 amide bonds. The molecule has 1 aliphatic heterocycles.